The number of anilines is 1. The Bertz CT molecular complexity index is 1470. The Morgan fingerprint density at radius 3 is 2.86 bits per heavy atom. The normalized spacial score (nSPS) is 31.3. The summed E-state index contributed by atoms with van der Waals surface area (Å²) in [6.45, 7) is 4.50. The molecule has 3 heterocycles. The Kier molecular flexibility index (Phi) is 4.60. The van der Waals surface area contributed by atoms with Crippen LogP contribution in [0.1, 0.15) is 43.7 Å². The number of ether oxygens (including phenoxy) is 1. The maximum atomic E-state index is 9.75. The van der Waals surface area contributed by atoms with Crippen molar-refractivity contribution in [1.82, 2.24) is 5.32 Å². The molecule has 0 bridgehead atoms. The molecule has 5 atom stereocenters. The number of dihydropyridines is 1. The molecule has 0 fully saturated rings. The maximum Gasteiger partial charge on any atom is 0.123 e. The smallest absolute Gasteiger partial charge is 0.123 e. The van der Waals surface area contributed by atoms with Crippen LogP contribution < -0.4 is 15.0 Å². The summed E-state index contributed by atoms with van der Waals surface area (Å²) < 4.78 is 6.49. The second-order valence-corrected chi connectivity index (χ2v) is 10.7. The molecule has 0 saturated heterocycles. The number of rotatable bonds is 2. The van der Waals surface area contributed by atoms with E-state index in [-0.39, 0.29) is 23.6 Å². The number of nitrogens with one attached hydrogen (secondary N) is 1. The van der Waals surface area contributed by atoms with Crippen LogP contribution in [0.3, 0.4) is 0 Å². The van der Waals surface area contributed by atoms with Crippen molar-refractivity contribution < 1.29 is 4.74 Å². The van der Waals surface area contributed by atoms with E-state index in [1.807, 2.05) is 12.2 Å². The fourth-order valence-corrected chi connectivity index (χ4v) is 6.85. The Morgan fingerprint density at radius 2 is 1.97 bits per heavy atom. The van der Waals surface area contributed by atoms with Crippen LogP contribution in [0.5, 0.6) is 5.75 Å². The number of allylic oxidation sites excluding steroid dienone is 4. The zero-order chi connectivity index (χ0) is 24.4. The highest BCUT2D eigenvalue weighted by atomic mass is 16.5. The molecule has 5 aliphatic rings. The largest absolute Gasteiger partial charge is 0.489 e. The summed E-state index contributed by atoms with van der Waals surface area (Å²) in [6, 6.07) is 20.0. The van der Waals surface area contributed by atoms with Crippen LogP contribution in [0, 0.1) is 16.7 Å². The Hall–Kier alpha value is -3.97. The van der Waals surface area contributed by atoms with Gasteiger partial charge in [0.05, 0.1) is 17.3 Å². The minimum atomic E-state index is -0.0555. The summed E-state index contributed by atoms with van der Waals surface area (Å²) >= 11 is 0. The van der Waals surface area contributed by atoms with Gasteiger partial charge < -0.3 is 15.0 Å². The second-order valence-electron chi connectivity index (χ2n) is 10.7. The van der Waals surface area contributed by atoms with Crippen LogP contribution in [-0.4, -0.2) is 18.2 Å². The first-order valence-corrected chi connectivity index (χ1v) is 12.9. The van der Waals surface area contributed by atoms with Crippen molar-refractivity contribution in [2.45, 2.75) is 50.8 Å². The first-order valence-electron chi connectivity index (χ1n) is 12.9. The summed E-state index contributed by atoms with van der Waals surface area (Å²) in [6.07, 6.45) is 15.2. The van der Waals surface area contributed by atoms with Gasteiger partial charge in [-0.15, -0.1) is 0 Å². The topological polar surface area (TPSA) is 48.3 Å². The van der Waals surface area contributed by atoms with Crippen molar-refractivity contribution in [3.8, 4) is 11.8 Å². The minimum absolute atomic E-state index is 0.0555. The molecule has 0 aromatic heterocycles. The van der Waals surface area contributed by atoms with Gasteiger partial charge in [0.1, 0.15) is 17.9 Å². The molecule has 0 radical (unpaired) electrons. The number of hydrogen-bond donors (Lipinski definition) is 1. The molecule has 2 aromatic rings. The average Bonchev–Trinajstić information content (AvgIpc) is 3.39. The lowest BCUT2D eigenvalue weighted by Gasteiger charge is -2.36. The van der Waals surface area contributed by atoms with E-state index in [4.69, 9.17) is 4.74 Å². The zero-order valence-corrected chi connectivity index (χ0v) is 20.6. The summed E-state index contributed by atoms with van der Waals surface area (Å²) in [4.78, 5) is 2.54. The molecule has 3 aliphatic heterocycles. The summed E-state index contributed by atoms with van der Waals surface area (Å²) in [5, 5.41) is 13.3. The highest BCUT2D eigenvalue weighted by molar-refractivity contribution is 5.77. The molecular weight excluding hydrogens is 442 g/mol. The number of benzene rings is 2. The third-order valence-corrected chi connectivity index (χ3v) is 8.62. The molecule has 0 amide bonds. The molecule has 2 aliphatic carbocycles. The van der Waals surface area contributed by atoms with E-state index in [0.29, 0.717) is 11.5 Å². The fraction of sp³-hybridized carbons (Fsp3) is 0.281. The van der Waals surface area contributed by atoms with E-state index in [2.05, 4.69) is 103 Å². The van der Waals surface area contributed by atoms with E-state index in [0.717, 1.165) is 35.5 Å². The van der Waals surface area contributed by atoms with Gasteiger partial charge in [0.15, 0.2) is 0 Å². The molecule has 1 N–H and O–H groups in total. The fourth-order valence-electron chi connectivity index (χ4n) is 6.85. The lowest BCUT2D eigenvalue weighted by Crippen LogP contribution is -2.39. The summed E-state index contributed by atoms with van der Waals surface area (Å²) in [7, 11) is 0. The van der Waals surface area contributed by atoms with Gasteiger partial charge in [0.25, 0.3) is 0 Å². The van der Waals surface area contributed by atoms with Crippen LogP contribution in [-0.2, 0) is 0 Å². The summed E-state index contributed by atoms with van der Waals surface area (Å²) in [5.41, 5.74) is 8.01. The van der Waals surface area contributed by atoms with Gasteiger partial charge >= 0.3 is 0 Å². The first-order chi connectivity index (χ1) is 17.6. The van der Waals surface area contributed by atoms with Gasteiger partial charge in [0.2, 0.25) is 0 Å². The van der Waals surface area contributed by atoms with Gasteiger partial charge in [-0.1, -0.05) is 60.7 Å². The first kappa shape index (κ1) is 21.3. The van der Waals surface area contributed by atoms with Gasteiger partial charge in [-0.3, -0.25) is 0 Å². The maximum absolute atomic E-state index is 9.75. The summed E-state index contributed by atoms with van der Waals surface area (Å²) in [5.74, 6) is 1.45. The lowest BCUT2D eigenvalue weighted by atomic mass is 9.69. The van der Waals surface area contributed by atoms with E-state index in [1.54, 1.807) is 0 Å². The molecular formula is C32H29N3O. The predicted molar refractivity (Wildman–Crippen MR) is 143 cm³/mol. The Morgan fingerprint density at radius 1 is 1.08 bits per heavy atom. The monoisotopic (exact) mass is 471 g/mol. The van der Waals surface area contributed by atoms with Crippen LogP contribution in [0.25, 0.3) is 5.70 Å². The third kappa shape index (κ3) is 2.99. The molecule has 4 heteroatoms. The molecule has 4 nitrogen and oxygen atoms in total. The molecule has 0 spiro atoms. The highest BCUT2D eigenvalue weighted by Gasteiger charge is 2.53. The molecule has 178 valence electrons. The number of para-hydroxylation sites is 1. The second kappa shape index (κ2) is 7.77. The van der Waals surface area contributed by atoms with Gasteiger partial charge in [-0.05, 0) is 50.1 Å². The molecule has 2 aromatic carbocycles. The van der Waals surface area contributed by atoms with E-state index in [1.165, 1.54) is 16.8 Å². The standard InChI is InChI=1S/C32H29N3O/c1-20-13-14-22(19-33)31(34-20)21-8-7-9-23(16-21)35-27-18-29-25(24-10-3-4-11-28(24)36-29)17-26(27)32(2)15-6-5-12-30(32)35/h3-16,20,25,29-30,34H,17-18H2,1-2H3. The zero-order valence-electron chi connectivity index (χ0n) is 20.6. The Labute approximate surface area is 212 Å². The van der Waals surface area contributed by atoms with Crippen molar-refractivity contribution >= 4 is 11.4 Å². The number of fused-ring (bicyclic) bond motifs is 5. The SMILES string of the molecule is CC1C=CC(C#N)=C(c2cccc(N3C4=C(CC5c6ccccc6OC5C4)C4(C)C=CC=CC34)c2)N1. The van der Waals surface area contributed by atoms with E-state index < -0.39 is 0 Å². The molecule has 5 unspecified atom stereocenters. The molecule has 0 saturated carbocycles. The van der Waals surface area contributed by atoms with E-state index >= 15 is 0 Å². The van der Waals surface area contributed by atoms with Crippen LogP contribution in [0.4, 0.5) is 5.69 Å². The quantitative estimate of drug-likeness (QED) is 0.552. The van der Waals surface area contributed by atoms with Crippen molar-refractivity contribution in [3.05, 3.63) is 113 Å². The lowest BCUT2D eigenvalue weighted by molar-refractivity contribution is 0.194. The van der Waals surface area contributed by atoms with Crippen molar-refractivity contribution in [2.75, 3.05) is 4.90 Å². The van der Waals surface area contributed by atoms with Gasteiger partial charge in [0, 0.05) is 46.3 Å². The van der Waals surface area contributed by atoms with Crippen LogP contribution in [0.15, 0.2) is 102 Å². The third-order valence-electron chi connectivity index (χ3n) is 8.62. The molecule has 7 rings (SSSR count). The van der Waals surface area contributed by atoms with Gasteiger partial charge in [-0.25, -0.2) is 0 Å². The Balaban J connectivity index is 1.33. The van der Waals surface area contributed by atoms with E-state index in [9.17, 15) is 5.26 Å². The van der Waals surface area contributed by atoms with Crippen molar-refractivity contribution in [2.24, 2.45) is 5.41 Å². The van der Waals surface area contributed by atoms with Crippen molar-refractivity contribution in [1.29, 1.82) is 5.26 Å². The van der Waals surface area contributed by atoms with Crippen LogP contribution >= 0.6 is 0 Å². The number of nitrogens with zero attached hydrogens (tertiary/aromatic N) is 2. The number of hydrogen-bond acceptors (Lipinski definition) is 4. The average molecular weight is 472 g/mol. The highest BCUT2D eigenvalue weighted by Crippen LogP contribution is 2.58. The minimum Gasteiger partial charge on any atom is -0.489 e. The molecule has 36 heavy (non-hydrogen) atoms. The predicted octanol–water partition coefficient (Wildman–Crippen LogP) is 6.38. The van der Waals surface area contributed by atoms with Crippen molar-refractivity contribution in [3.63, 3.8) is 0 Å². The van der Waals surface area contributed by atoms with Gasteiger partial charge in [-0.2, -0.15) is 5.26 Å². The number of nitriles is 1. The van der Waals surface area contributed by atoms with Crippen LogP contribution in [0.2, 0.25) is 0 Å².